The summed E-state index contributed by atoms with van der Waals surface area (Å²) in [6, 6.07) is 71.2. The Bertz CT molecular complexity index is 3450. The molecule has 0 bridgehead atoms. The SMILES string of the molecule is c1ccc(-n2c3ccccc3c3cc(-c4nc(-c5ccc(-n6c7ccccc7c7ccccc76)cc5)c5c(n4)c4ccccc4n5-c4ccccc4)ccc32)cc1. The van der Waals surface area contributed by atoms with E-state index in [1.165, 1.54) is 38.1 Å². The number of aromatic nitrogens is 5. The molecule has 0 amide bonds. The summed E-state index contributed by atoms with van der Waals surface area (Å²) in [7, 11) is 0. The van der Waals surface area contributed by atoms with Crippen molar-refractivity contribution in [2.24, 2.45) is 0 Å². The topological polar surface area (TPSA) is 40.6 Å². The van der Waals surface area contributed by atoms with Crippen LogP contribution in [0, 0.1) is 0 Å². The minimum Gasteiger partial charge on any atom is -0.309 e. The van der Waals surface area contributed by atoms with Crippen LogP contribution in [0.4, 0.5) is 0 Å². The average molecular weight is 728 g/mol. The molecule has 0 saturated carbocycles. The second-order valence-electron chi connectivity index (χ2n) is 14.6. The van der Waals surface area contributed by atoms with Crippen LogP contribution in [0.1, 0.15) is 0 Å². The molecule has 4 aromatic heterocycles. The Labute approximate surface area is 328 Å². The van der Waals surface area contributed by atoms with Gasteiger partial charge in [0.05, 0.1) is 38.8 Å². The van der Waals surface area contributed by atoms with Gasteiger partial charge in [-0.25, -0.2) is 9.97 Å². The summed E-state index contributed by atoms with van der Waals surface area (Å²) >= 11 is 0. The highest BCUT2D eigenvalue weighted by molar-refractivity contribution is 6.13. The van der Waals surface area contributed by atoms with Crippen LogP contribution in [-0.4, -0.2) is 23.7 Å². The van der Waals surface area contributed by atoms with Crippen LogP contribution >= 0.6 is 0 Å². The van der Waals surface area contributed by atoms with Crippen molar-refractivity contribution >= 4 is 65.5 Å². The zero-order valence-electron chi connectivity index (χ0n) is 30.8. The lowest BCUT2D eigenvalue weighted by molar-refractivity contribution is 1.14. The van der Waals surface area contributed by atoms with Gasteiger partial charge in [-0.05, 0) is 78.9 Å². The molecule has 0 saturated heterocycles. The van der Waals surface area contributed by atoms with Gasteiger partial charge in [0.25, 0.3) is 0 Å². The molecule has 0 unspecified atom stereocenters. The van der Waals surface area contributed by atoms with Gasteiger partial charge in [-0.1, -0.05) is 121 Å². The van der Waals surface area contributed by atoms with E-state index in [4.69, 9.17) is 9.97 Å². The standard InChI is InChI=1S/C52H33N5/c1-3-15-36(16-4-1)55-46-25-13-9-21-41(46)43-33-35(29-32-48(43)55)52-53-49(51-50(54-52)42-22-10-14-26-47(42)57(51)37-17-5-2-6-18-37)34-27-30-38(31-28-34)56-44-23-11-7-19-39(44)40-20-8-12-24-45(40)56/h1-33H. The van der Waals surface area contributed by atoms with Gasteiger partial charge in [-0.3, -0.25) is 0 Å². The summed E-state index contributed by atoms with van der Waals surface area (Å²) in [5.74, 6) is 0.693. The Balaban J connectivity index is 1.11. The van der Waals surface area contributed by atoms with Gasteiger partial charge >= 0.3 is 0 Å². The van der Waals surface area contributed by atoms with E-state index in [9.17, 15) is 0 Å². The predicted octanol–water partition coefficient (Wildman–Crippen LogP) is 13.1. The molecule has 0 aliphatic heterocycles. The number of hydrogen-bond donors (Lipinski definition) is 0. The maximum Gasteiger partial charge on any atom is 0.160 e. The number of para-hydroxylation sites is 6. The lowest BCUT2D eigenvalue weighted by Gasteiger charge is -2.13. The molecule has 0 N–H and O–H groups in total. The Hall–Kier alpha value is -7.76. The fourth-order valence-electron chi connectivity index (χ4n) is 8.96. The predicted molar refractivity (Wildman–Crippen MR) is 236 cm³/mol. The molecule has 0 radical (unpaired) electrons. The van der Waals surface area contributed by atoms with Crippen LogP contribution in [0.2, 0.25) is 0 Å². The van der Waals surface area contributed by atoms with Gasteiger partial charge in [-0.15, -0.1) is 0 Å². The highest BCUT2D eigenvalue weighted by Gasteiger charge is 2.22. The number of fused-ring (bicyclic) bond motifs is 9. The molecule has 4 heterocycles. The van der Waals surface area contributed by atoms with Crippen LogP contribution in [0.3, 0.4) is 0 Å². The molecular weight excluding hydrogens is 695 g/mol. The Morgan fingerprint density at radius 1 is 0.298 bits per heavy atom. The third-order valence-electron chi connectivity index (χ3n) is 11.4. The summed E-state index contributed by atoms with van der Waals surface area (Å²) in [6.07, 6.45) is 0. The zero-order chi connectivity index (χ0) is 37.5. The highest BCUT2D eigenvalue weighted by Crippen LogP contribution is 2.40. The van der Waals surface area contributed by atoms with Gasteiger partial charge in [0.2, 0.25) is 0 Å². The minimum absolute atomic E-state index is 0.693. The number of rotatable bonds is 5. The quantitative estimate of drug-likeness (QED) is 0.177. The molecule has 5 heteroatoms. The highest BCUT2D eigenvalue weighted by atomic mass is 15.0. The maximum atomic E-state index is 5.52. The molecule has 266 valence electrons. The third-order valence-corrected chi connectivity index (χ3v) is 11.4. The number of nitrogens with zero attached hydrogens (tertiary/aromatic N) is 5. The first-order valence-electron chi connectivity index (χ1n) is 19.3. The largest absolute Gasteiger partial charge is 0.309 e. The zero-order valence-corrected chi connectivity index (χ0v) is 30.8. The first-order chi connectivity index (χ1) is 28.3. The Kier molecular flexibility index (Phi) is 6.86. The molecule has 8 aromatic carbocycles. The van der Waals surface area contributed by atoms with Crippen molar-refractivity contribution in [3.63, 3.8) is 0 Å². The van der Waals surface area contributed by atoms with E-state index in [1.807, 2.05) is 0 Å². The fraction of sp³-hybridized carbons (Fsp3) is 0. The third kappa shape index (κ3) is 4.76. The summed E-state index contributed by atoms with van der Waals surface area (Å²) in [4.78, 5) is 11.0. The molecule has 0 atom stereocenters. The van der Waals surface area contributed by atoms with E-state index >= 15 is 0 Å². The molecule has 57 heavy (non-hydrogen) atoms. The van der Waals surface area contributed by atoms with E-state index in [1.54, 1.807) is 0 Å². The Morgan fingerprint density at radius 3 is 1.30 bits per heavy atom. The van der Waals surface area contributed by atoms with Crippen LogP contribution in [0.5, 0.6) is 0 Å². The molecule has 0 fully saturated rings. The summed E-state index contributed by atoms with van der Waals surface area (Å²) in [6.45, 7) is 0. The number of benzene rings is 8. The van der Waals surface area contributed by atoms with Gasteiger partial charge in [0, 0.05) is 55.1 Å². The van der Waals surface area contributed by atoms with E-state index in [2.05, 4.69) is 214 Å². The normalized spacial score (nSPS) is 11.9. The van der Waals surface area contributed by atoms with Gasteiger partial charge < -0.3 is 13.7 Å². The minimum atomic E-state index is 0.693. The first kappa shape index (κ1) is 31.6. The van der Waals surface area contributed by atoms with E-state index < -0.39 is 0 Å². The van der Waals surface area contributed by atoms with Crippen molar-refractivity contribution in [3.8, 4) is 39.7 Å². The monoisotopic (exact) mass is 727 g/mol. The average Bonchev–Trinajstić information content (AvgIpc) is 3.92. The molecule has 0 aliphatic rings. The molecule has 0 aliphatic carbocycles. The second-order valence-corrected chi connectivity index (χ2v) is 14.6. The molecule has 5 nitrogen and oxygen atoms in total. The van der Waals surface area contributed by atoms with Crippen molar-refractivity contribution in [3.05, 3.63) is 200 Å². The molecular formula is C52H33N5. The summed E-state index contributed by atoms with van der Waals surface area (Å²) in [5, 5.41) is 5.94. The van der Waals surface area contributed by atoms with Crippen molar-refractivity contribution in [1.29, 1.82) is 0 Å². The van der Waals surface area contributed by atoms with E-state index in [-0.39, 0.29) is 0 Å². The smallest absolute Gasteiger partial charge is 0.160 e. The van der Waals surface area contributed by atoms with E-state index in [0.717, 1.165) is 61.3 Å². The lowest BCUT2D eigenvalue weighted by Crippen LogP contribution is -2.00. The van der Waals surface area contributed by atoms with Crippen LogP contribution in [-0.2, 0) is 0 Å². The Morgan fingerprint density at radius 2 is 0.719 bits per heavy atom. The van der Waals surface area contributed by atoms with Crippen molar-refractivity contribution in [1.82, 2.24) is 23.7 Å². The van der Waals surface area contributed by atoms with Gasteiger partial charge in [0.15, 0.2) is 5.82 Å². The van der Waals surface area contributed by atoms with Crippen LogP contribution < -0.4 is 0 Å². The maximum absolute atomic E-state index is 5.52. The summed E-state index contributed by atoms with van der Waals surface area (Å²) < 4.78 is 7.02. The second kappa shape index (κ2) is 12.4. The van der Waals surface area contributed by atoms with Crippen molar-refractivity contribution < 1.29 is 0 Å². The van der Waals surface area contributed by atoms with Gasteiger partial charge in [-0.2, -0.15) is 0 Å². The van der Waals surface area contributed by atoms with Crippen LogP contribution in [0.15, 0.2) is 200 Å². The fourth-order valence-corrected chi connectivity index (χ4v) is 8.96. The van der Waals surface area contributed by atoms with Crippen LogP contribution in [0.25, 0.3) is 105 Å². The van der Waals surface area contributed by atoms with E-state index in [0.29, 0.717) is 5.82 Å². The first-order valence-corrected chi connectivity index (χ1v) is 19.3. The summed E-state index contributed by atoms with van der Waals surface area (Å²) in [5.41, 5.74) is 13.9. The lowest BCUT2D eigenvalue weighted by atomic mass is 10.1. The number of hydrogen-bond acceptors (Lipinski definition) is 2. The molecule has 12 aromatic rings. The van der Waals surface area contributed by atoms with Gasteiger partial charge in [0.1, 0.15) is 5.52 Å². The molecule has 12 rings (SSSR count). The van der Waals surface area contributed by atoms with Crippen molar-refractivity contribution in [2.45, 2.75) is 0 Å². The molecule has 0 spiro atoms. The van der Waals surface area contributed by atoms with Crippen molar-refractivity contribution in [2.75, 3.05) is 0 Å².